The van der Waals surface area contributed by atoms with E-state index in [2.05, 4.69) is 20.5 Å². The number of hydrogen-bond acceptors (Lipinski definition) is 6. The van der Waals surface area contributed by atoms with E-state index in [1.807, 2.05) is 39.1 Å². The molecule has 1 heterocycles. The van der Waals surface area contributed by atoms with Crippen molar-refractivity contribution in [2.24, 2.45) is 21.8 Å². The Labute approximate surface area is 210 Å². The third-order valence-corrected chi connectivity index (χ3v) is 6.94. The summed E-state index contributed by atoms with van der Waals surface area (Å²) in [4.78, 5) is 23.9. The van der Waals surface area contributed by atoms with Gasteiger partial charge in [0, 0.05) is 57.1 Å². The van der Waals surface area contributed by atoms with Crippen LogP contribution in [0.25, 0.3) is 0 Å². The van der Waals surface area contributed by atoms with Gasteiger partial charge < -0.3 is 20.6 Å². The minimum atomic E-state index is 0.187. The fourth-order valence-electron chi connectivity index (χ4n) is 4.99. The molecular weight excluding hydrogens is 438 g/mol. The Morgan fingerprint density at radius 3 is 2.60 bits per heavy atom. The molecule has 35 heavy (non-hydrogen) atoms. The lowest BCUT2D eigenvalue weighted by Crippen LogP contribution is -2.44. The molecule has 1 atom stereocenters. The minimum Gasteiger partial charge on any atom is -0.507 e. The van der Waals surface area contributed by atoms with Gasteiger partial charge in [0.25, 0.3) is 0 Å². The zero-order valence-electron chi connectivity index (χ0n) is 21.7. The van der Waals surface area contributed by atoms with Crippen LogP contribution in [0.5, 0.6) is 5.75 Å². The molecule has 0 spiro atoms. The first-order valence-corrected chi connectivity index (χ1v) is 12.8. The number of para-hydroxylation sites is 1. The summed E-state index contributed by atoms with van der Waals surface area (Å²) in [5, 5.41) is 17.2. The summed E-state index contributed by atoms with van der Waals surface area (Å²) < 4.78 is 0. The number of aromatic hydroxyl groups is 1. The van der Waals surface area contributed by atoms with Crippen molar-refractivity contribution < 1.29 is 9.90 Å². The Kier molecular flexibility index (Phi) is 9.94. The number of hydrogen-bond donors (Lipinski definition) is 3. The number of rotatable bonds is 9. The quantitative estimate of drug-likeness (QED) is 0.462. The van der Waals surface area contributed by atoms with E-state index >= 15 is 0 Å². The van der Waals surface area contributed by atoms with Gasteiger partial charge >= 0.3 is 0 Å². The van der Waals surface area contributed by atoms with Crippen LogP contribution in [0.4, 0.5) is 0 Å². The van der Waals surface area contributed by atoms with Crippen LogP contribution in [-0.4, -0.2) is 61.6 Å². The average Bonchev–Trinajstić information content (AvgIpc) is 3.40. The van der Waals surface area contributed by atoms with E-state index in [4.69, 9.17) is 4.99 Å². The number of phenolic OH excluding ortho intramolecular Hbond substituents is 1. The number of piperidine rings is 1. The van der Waals surface area contributed by atoms with Crippen molar-refractivity contribution in [3.63, 3.8) is 0 Å². The third-order valence-electron chi connectivity index (χ3n) is 6.94. The maximum absolute atomic E-state index is 12.9. The van der Waals surface area contributed by atoms with Crippen molar-refractivity contribution in [3.8, 4) is 5.75 Å². The Morgan fingerprint density at radius 1 is 1.17 bits per heavy atom. The summed E-state index contributed by atoms with van der Waals surface area (Å²) in [6.07, 6.45) is 10.4. The van der Waals surface area contributed by atoms with Crippen LogP contribution in [0.2, 0.25) is 0 Å². The highest BCUT2D eigenvalue weighted by Crippen LogP contribution is 2.28. The Bertz CT molecular complexity index is 989. The van der Waals surface area contributed by atoms with E-state index in [9.17, 15) is 9.90 Å². The van der Waals surface area contributed by atoms with Crippen LogP contribution in [-0.2, 0) is 4.79 Å². The molecule has 1 saturated carbocycles. The molecule has 3 N–H and O–H groups in total. The summed E-state index contributed by atoms with van der Waals surface area (Å²) >= 11 is 0. The highest BCUT2D eigenvalue weighted by molar-refractivity contribution is 6.11. The molecule has 2 aliphatic rings. The number of amides is 1. The largest absolute Gasteiger partial charge is 0.507 e. The van der Waals surface area contributed by atoms with E-state index in [0.29, 0.717) is 23.1 Å². The molecule has 2 fully saturated rings. The molecule has 0 radical (unpaired) electrons. The second-order valence-corrected chi connectivity index (χ2v) is 9.63. The van der Waals surface area contributed by atoms with Gasteiger partial charge in [0.1, 0.15) is 5.75 Å². The number of nitrogens with one attached hydrogen (secondary N) is 2. The van der Waals surface area contributed by atoms with Crippen molar-refractivity contribution in [2.45, 2.75) is 52.4 Å². The van der Waals surface area contributed by atoms with Crippen molar-refractivity contribution in [2.75, 3.05) is 33.7 Å². The molecule has 1 unspecified atom stereocenters. The lowest BCUT2D eigenvalue weighted by Gasteiger charge is -2.34. The van der Waals surface area contributed by atoms with Crippen LogP contribution in [0.1, 0.15) is 57.9 Å². The maximum atomic E-state index is 12.9. The number of phenols is 1. The smallest absolute Gasteiger partial charge is 0.225 e. The summed E-state index contributed by atoms with van der Waals surface area (Å²) in [5.74, 6) is 1.23. The molecule has 7 nitrogen and oxygen atoms in total. The molecule has 1 aromatic carbocycles. The van der Waals surface area contributed by atoms with E-state index < -0.39 is 0 Å². The van der Waals surface area contributed by atoms with Crippen molar-refractivity contribution in [1.82, 2.24) is 15.5 Å². The fraction of sp³-hybridized carbons (Fsp3) is 0.536. The van der Waals surface area contributed by atoms with Gasteiger partial charge in [-0.05, 0) is 63.7 Å². The summed E-state index contributed by atoms with van der Waals surface area (Å²) in [6.45, 7) is 6.47. The van der Waals surface area contributed by atoms with Crippen LogP contribution in [0.3, 0.4) is 0 Å². The van der Waals surface area contributed by atoms with Gasteiger partial charge in [0.05, 0.1) is 17.1 Å². The molecule has 0 bridgehead atoms. The highest BCUT2D eigenvalue weighted by Gasteiger charge is 2.30. The lowest BCUT2D eigenvalue weighted by atomic mass is 9.96. The first-order chi connectivity index (χ1) is 16.9. The van der Waals surface area contributed by atoms with Crippen LogP contribution >= 0.6 is 0 Å². The molecule has 3 rings (SSSR count). The molecule has 1 aromatic rings. The zero-order chi connectivity index (χ0) is 25.2. The Hall–Kier alpha value is -3.09. The molecule has 1 saturated heterocycles. The van der Waals surface area contributed by atoms with E-state index in [0.717, 1.165) is 62.4 Å². The summed E-state index contributed by atoms with van der Waals surface area (Å²) in [7, 11) is 3.56. The molecule has 1 aliphatic heterocycles. The first-order valence-electron chi connectivity index (χ1n) is 12.8. The van der Waals surface area contributed by atoms with Crippen molar-refractivity contribution >= 4 is 17.8 Å². The lowest BCUT2D eigenvalue weighted by molar-refractivity contribution is -0.137. The molecule has 1 amide bonds. The second kappa shape index (κ2) is 13.1. The predicted molar refractivity (Wildman–Crippen MR) is 144 cm³/mol. The number of carbonyl (C=O) groups excluding carboxylic acids is 1. The van der Waals surface area contributed by atoms with Gasteiger partial charge in [-0.25, -0.2) is 0 Å². The summed E-state index contributed by atoms with van der Waals surface area (Å²) in [5.41, 5.74) is 3.89. The Morgan fingerprint density at radius 2 is 1.91 bits per heavy atom. The van der Waals surface area contributed by atoms with Crippen molar-refractivity contribution in [3.05, 3.63) is 53.0 Å². The van der Waals surface area contributed by atoms with Crippen LogP contribution in [0.15, 0.2) is 57.4 Å². The second-order valence-electron chi connectivity index (χ2n) is 9.63. The van der Waals surface area contributed by atoms with Gasteiger partial charge in [0.2, 0.25) is 5.91 Å². The topological polar surface area (TPSA) is 89.3 Å². The molecular formula is C28H41N5O2. The zero-order valence-corrected chi connectivity index (χ0v) is 21.7. The van der Waals surface area contributed by atoms with E-state index in [-0.39, 0.29) is 11.7 Å². The molecule has 7 heteroatoms. The SMILES string of the molecule is CN=C/C(NC)=C(C)/N=C(\C=C(/C)NCC1CCCN(C(=O)C2CCCC2)C1)c1ccccc1O. The monoisotopic (exact) mass is 479 g/mol. The van der Waals surface area contributed by atoms with Crippen LogP contribution < -0.4 is 10.6 Å². The van der Waals surface area contributed by atoms with Gasteiger partial charge in [-0.3, -0.25) is 14.8 Å². The molecule has 190 valence electrons. The maximum Gasteiger partial charge on any atom is 0.225 e. The predicted octanol–water partition coefficient (Wildman–Crippen LogP) is 4.26. The number of benzene rings is 1. The average molecular weight is 480 g/mol. The number of allylic oxidation sites excluding steroid dienone is 4. The highest BCUT2D eigenvalue weighted by atomic mass is 16.3. The molecule has 1 aliphatic carbocycles. The number of aliphatic imine (C=N–C) groups is 2. The number of nitrogens with zero attached hydrogens (tertiary/aromatic N) is 3. The summed E-state index contributed by atoms with van der Waals surface area (Å²) in [6, 6.07) is 7.24. The van der Waals surface area contributed by atoms with Crippen molar-refractivity contribution in [1.29, 1.82) is 0 Å². The van der Waals surface area contributed by atoms with E-state index in [1.54, 1.807) is 25.4 Å². The Balaban J connectivity index is 1.73. The van der Waals surface area contributed by atoms with Gasteiger partial charge in [-0.1, -0.05) is 25.0 Å². The third kappa shape index (κ3) is 7.44. The van der Waals surface area contributed by atoms with Crippen LogP contribution in [0, 0.1) is 11.8 Å². The minimum absolute atomic E-state index is 0.187. The number of carbonyl (C=O) groups is 1. The van der Waals surface area contributed by atoms with Gasteiger partial charge in [0.15, 0.2) is 0 Å². The standard InChI is InChI=1S/C28H41N5O2/c1-20(31-17-22-10-9-15-33(19-22)28(35)23-11-5-6-12-23)16-25(24-13-7-8-14-27(24)34)32-21(2)26(30-4)18-29-3/h7-8,13-14,16,18,22-23,30-31,34H,5-6,9-12,15,17,19H2,1-4H3/b20-16+,26-21-,29-18?,32-25+. The van der Waals surface area contributed by atoms with Gasteiger partial charge in [-0.2, -0.15) is 0 Å². The number of likely N-dealkylation sites (tertiary alicyclic amines) is 1. The first kappa shape index (κ1) is 26.5. The normalized spacial score (nSPS) is 20.8. The molecule has 0 aromatic heterocycles. The van der Waals surface area contributed by atoms with Gasteiger partial charge in [-0.15, -0.1) is 0 Å². The fourth-order valence-corrected chi connectivity index (χ4v) is 4.99. The van der Waals surface area contributed by atoms with E-state index in [1.165, 1.54) is 12.8 Å².